The van der Waals surface area contributed by atoms with Gasteiger partial charge in [-0.3, -0.25) is 9.88 Å². The standard InChI is InChI=1S/C15H19FN4/c1-3-17-15-9-18-14(8-19-15)11-20(2)10-12-5-4-6-13(16)7-12/h4-9H,3,10-11H2,1-2H3,(H,17,19). The van der Waals surface area contributed by atoms with Crippen LogP contribution in [0.4, 0.5) is 10.2 Å². The number of aromatic nitrogens is 2. The van der Waals surface area contributed by atoms with E-state index in [-0.39, 0.29) is 5.82 Å². The van der Waals surface area contributed by atoms with Gasteiger partial charge in [-0.05, 0) is 31.7 Å². The Morgan fingerprint density at radius 3 is 2.70 bits per heavy atom. The number of rotatable bonds is 6. The molecule has 2 rings (SSSR count). The van der Waals surface area contributed by atoms with Gasteiger partial charge in [0.1, 0.15) is 11.6 Å². The van der Waals surface area contributed by atoms with Gasteiger partial charge in [-0.25, -0.2) is 9.37 Å². The van der Waals surface area contributed by atoms with Crippen molar-refractivity contribution < 1.29 is 4.39 Å². The van der Waals surface area contributed by atoms with E-state index in [1.807, 2.05) is 20.0 Å². The summed E-state index contributed by atoms with van der Waals surface area (Å²) in [5, 5.41) is 3.11. The van der Waals surface area contributed by atoms with E-state index in [0.717, 1.165) is 23.6 Å². The Morgan fingerprint density at radius 2 is 2.05 bits per heavy atom. The molecule has 0 aliphatic rings. The molecule has 0 unspecified atom stereocenters. The highest BCUT2D eigenvalue weighted by molar-refractivity contribution is 5.30. The number of halogens is 1. The zero-order valence-electron chi connectivity index (χ0n) is 11.8. The smallest absolute Gasteiger partial charge is 0.144 e. The molecule has 0 saturated heterocycles. The Labute approximate surface area is 118 Å². The lowest BCUT2D eigenvalue weighted by Gasteiger charge is -2.16. The molecule has 20 heavy (non-hydrogen) atoms. The van der Waals surface area contributed by atoms with Crippen molar-refractivity contribution in [1.82, 2.24) is 14.9 Å². The molecule has 0 atom stereocenters. The van der Waals surface area contributed by atoms with Gasteiger partial charge in [0, 0.05) is 19.6 Å². The van der Waals surface area contributed by atoms with Crippen LogP contribution in [0.3, 0.4) is 0 Å². The second-order valence-corrected chi connectivity index (χ2v) is 4.73. The largest absolute Gasteiger partial charge is 0.369 e. The molecular weight excluding hydrogens is 255 g/mol. The van der Waals surface area contributed by atoms with Gasteiger partial charge in [-0.15, -0.1) is 0 Å². The lowest BCUT2D eigenvalue weighted by atomic mass is 10.2. The van der Waals surface area contributed by atoms with Crippen LogP contribution < -0.4 is 5.32 Å². The van der Waals surface area contributed by atoms with Gasteiger partial charge in [0.05, 0.1) is 18.1 Å². The molecule has 1 heterocycles. The molecule has 1 N–H and O–H groups in total. The molecule has 4 nitrogen and oxygen atoms in total. The number of hydrogen-bond donors (Lipinski definition) is 1. The maximum atomic E-state index is 13.1. The second kappa shape index (κ2) is 6.96. The Hall–Kier alpha value is -2.01. The Bertz CT molecular complexity index is 542. The van der Waals surface area contributed by atoms with E-state index < -0.39 is 0 Å². The zero-order valence-corrected chi connectivity index (χ0v) is 11.8. The zero-order chi connectivity index (χ0) is 14.4. The fourth-order valence-electron chi connectivity index (χ4n) is 1.99. The molecule has 2 aromatic rings. The molecule has 0 saturated carbocycles. The Morgan fingerprint density at radius 1 is 1.20 bits per heavy atom. The van der Waals surface area contributed by atoms with Crippen molar-refractivity contribution in [3.05, 3.63) is 53.7 Å². The van der Waals surface area contributed by atoms with Crippen LogP contribution in [0.1, 0.15) is 18.2 Å². The van der Waals surface area contributed by atoms with E-state index in [2.05, 4.69) is 20.2 Å². The summed E-state index contributed by atoms with van der Waals surface area (Å²) in [6.45, 7) is 4.19. The molecule has 0 aliphatic heterocycles. The predicted molar refractivity (Wildman–Crippen MR) is 77.8 cm³/mol. The van der Waals surface area contributed by atoms with Gasteiger partial charge < -0.3 is 5.32 Å². The van der Waals surface area contributed by atoms with Gasteiger partial charge in [0.25, 0.3) is 0 Å². The fraction of sp³-hybridized carbons (Fsp3) is 0.333. The maximum absolute atomic E-state index is 13.1. The molecule has 0 fully saturated rings. The summed E-state index contributed by atoms with van der Waals surface area (Å²) in [6, 6.07) is 6.65. The lowest BCUT2D eigenvalue weighted by molar-refractivity contribution is 0.314. The molecule has 0 amide bonds. The summed E-state index contributed by atoms with van der Waals surface area (Å²) in [5.41, 5.74) is 1.84. The number of nitrogens with one attached hydrogen (secondary N) is 1. The Balaban J connectivity index is 1.92. The summed E-state index contributed by atoms with van der Waals surface area (Å²) in [5.74, 6) is 0.578. The van der Waals surface area contributed by atoms with Gasteiger partial charge in [-0.2, -0.15) is 0 Å². The minimum absolute atomic E-state index is 0.203. The monoisotopic (exact) mass is 274 g/mol. The lowest BCUT2D eigenvalue weighted by Crippen LogP contribution is -2.18. The van der Waals surface area contributed by atoms with Crippen molar-refractivity contribution in [1.29, 1.82) is 0 Å². The number of anilines is 1. The van der Waals surface area contributed by atoms with E-state index in [1.54, 1.807) is 24.5 Å². The van der Waals surface area contributed by atoms with Gasteiger partial charge in [-0.1, -0.05) is 12.1 Å². The second-order valence-electron chi connectivity index (χ2n) is 4.73. The number of nitrogens with zero attached hydrogens (tertiary/aromatic N) is 3. The van der Waals surface area contributed by atoms with Crippen molar-refractivity contribution in [2.24, 2.45) is 0 Å². The van der Waals surface area contributed by atoms with Crippen LogP contribution in [-0.4, -0.2) is 28.5 Å². The van der Waals surface area contributed by atoms with Crippen LogP contribution >= 0.6 is 0 Å². The highest BCUT2D eigenvalue weighted by Gasteiger charge is 2.04. The molecule has 0 aliphatic carbocycles. The van der Waals surface area contributed by atoms with Gasteiger partial charge >= 0.3 is 0 Å². The third-order valence-corrected chi connectivity index (χ3v) is 2.84. The van der Waals surface area contributed by atoms with Crippen molar-refractivity contribution in [3.63, 3.8) is 0 Å². The van der Waals surface area contributed by atoms with E-state index in [1.165, 1.54) is 6.07 Å². The van der Waals surface area contributed by atoms with Gasteiger partial charge in [0.15, 0.2) is 0 Å². The topological polar surface area (TPSA) is 41.1 Å². The van der Waals surface area contributed by atoms with E-state index >= 15 is 0 Å². The molecule has 0 spiro atoms. The van der Waals surface area contributed by atoms with E-state index in [9.17, 15) is 4.39 Å². The molecule has 1 aromatic heterocycles. The first-order chi connectivity index (χ1) is 9.67. The quantitative estimate of drug-likeness (QED) is 0.879. The summed E-state index contributed by atoms with van der Waals surface area (Å²) in [7, 11) is 1.98. The molecule has 5 heteroatoms. The predicted octanol–water partition coefficient (Wildman–Crippen LogP) is 2.68. The highest BCUT2D eigenvalue weighted by atomic mass is 19.1. The average Bonchev–Trinajstić information content (AvgIpc) is 2.41. The van der Waals surface area contributed by atoms with Crippen LogP contribution in [0, 0.1) is 5.82 Å². The minimum Gasteiger partial charge on any atom is -0.369 e. The van der Waals surface area contributed by atoms with Crippen molar-refractivity contribution in [3.8, 4) is 0 Å². The molecule has 0 radical (unpaired) electrons. The van der Waals surface area contributed by atoms with Crippen LogP contribution in [0.25, 0.3) is 0 Å². The Kier molecular flexibility index (Phi) is 5.01. The average molecular weight is 274 g/mol. The van der Waals surface area contributed by atoms with Crippen LogP contribution in [0.2, 0.25) is 0 Å². The highest BCUT2D eigenvalue weighted by Crippen LogP contribution is 2.09. The summed E-state index contributed by atoms with van der Waals surface area (Å²) < 4.78 is 13.1. The normalized spacial score (nSPS) is 10.8. The summed E-state index contributed by atoms with van der Waals surface area (Å²) >= 11 is 0. The van der Waals surface area contributed by atoms with Crippen molar-refractivity contribution >= 4 is 5.82 Å². The number of hydrogen-bond acceptors (Lipinski definition) is 4. The number of benzene rings is 1. The first-order valence-electron chi connectivity index (χ1n) is 6.65. The maximum Gasteiger partial charge on any atom is 0.144 e. The first-order valence-corrected chi connectivity index (χ1v) is 6.65. The van der Waals surface area contributed by atoms with Crippen molar-refractivity contribution in [2.45, 2.75) is 20.0 Å². The van der Waals surface area contributed by atoms with Crippen molar-refractivity contribution in [2.75, 3.05) is 18.9 Å². The molecule has 106 valence electrons. The van der Waals surface area contributed by atoms with E-state index in [4.69, 9.17) is 0 Å². The fourth-order valence-corrected chi connectivity index (χ4v) is 1.99. The van der Waals surface area contributed by atoms with Crippen LogP contribution in [-0.2, 0) is 13.1 Å². The minimum atomic E-state index is -0.203. The third kappa shape index (κ3) is 4.28. The third-order valence-electron chi connectivity index (χ3n) is 2.84. The molecular formula is C15H19FN4. The van der Waals surface area contributed by atoms with Gasteiger partial charge in [0.2, 0.25) is 0 Å². The van der Waals surface area contributed by atoms with Crippen LogP contribution in [0.5, 0.6) is 0 Å². The SMILES string of the molecule is CCNc1cnc(CN(C)Cc2cccc(F)c2)cn1. The first kappa shape index (κ1) is 14.4. The molecule has 1 aromatic carbocycles. The summed E-state index contributed by atoms with van der Waals surface area (Å²) in [6.07, 6.45) is 3.49. The van der Waals surface area contributed by atoms with E-state index in [0.29, 0.717) is 13.1 Å². The molecule has 0 bridgehead atoms. The van der Waals surface area contributed by atoms with Crippen LogP contribution in [0.15, 0.2) is 36.7 Å². The summed E-state index contributed by atoms with van der Waals surface area (Å²) in [4.78, 5) is 10.7.